The molecular weight excluding hydrogens is 400 g/mol. The van der Waals surface area contributed by atoms with E-state index < -0.39 is 17.6 Å². The molecule has 31 heavy (non-hydrogen) atoms. The van der Waals surface area contributed by atoms with Crippen molar-refractivity contribution in [2.45, 2.75) is 70.6 Å². The van der Waals surface area contributed by atoms with Gasteiger partial charge in [0, 0.05) is 43.9 Å². The fourth-order valence-electron chi connectivity index (χ4n) is 4.39. The summed E-state index contributed by atoms with van der Waals surface area (Å²) in [6, 6.07) is 1.32. The molecule has 1 atom stereocenters. The van der Waals surface area contributed by atoms with Crippen molar-refractivity contribution >= 4 is 23.8 Å². The zero-order valence-corrected chi connectivity index (χ0v) is 18.1. The molecule has 9 nitrogen and oxygen atoms in total. The summed E-state index contributed by atoms with van der Waals surface area (Å²) in [6.07, 6.45) is 3.42. The molecule has 1 aromatic rings. The molecule has 0 radical (unpaired) electrons. The number of hydrogen-bond donors (Lipinski definition) is 1. The number of carbonyl (C=O) groups excluding carboxylic acids is 4. The largest absolute Gasteiger partial charge is 0.444 e. The number of likely N-dealkylation sites (tertiary alicyclic amines) is 1. The Morgan fingerprint density at radius 3 is 2.52 bits per heavy atom. The Morgan fingerprint density at radius 2 is 1.87 bits per heavy atom. The monoisotopic (exact) mass is 428 g/mol. The third kappa shape index (κ3) is 4.40. The van der Waals surface area contributed by atoms with Crippen molar-refractivity contribution in [3.63, 3.8) is 0 Å². The van der Waals surface area contributed by atoms with E-state index >= 15 is 0 Å². The Bertz CT molecular complexity index is 930. The molecule has 4 rings (SSSR count). The van der Waals surface area contributed by atoms with Gasteiger partial charge in [0.2, 0.25) is 11.8 Å². The molecule has 1 N–H and O–H groups in total. The van der Waals surface area contributed by atoms with Gasteiger partial charge in [-0.15, -0.1) is 0 Å². The van der Waals surface area contributed by atoms with Crippen molar-refractivity contribution < 1.29 is 23.9 Å². The van der Waals surface area contributed by atoms with Crippen molar-refractivity contribution in [2.24, 2.45) is 0 Å². The second-order valence-electron chi connectivity index (χ2n) is 9.41. The van der Waals surface area contributed by atoms with Gasteiger partial charge in [0.05, 0.1) is 5.56 Å². The lowest BCUT2D eigenvalue weighted by atomic mass is 9.92. The van der Waals surface area contributed by atoms with Crippen molar-refractivity contribution in [2.75, 3.05) is 13.1 Å². The van der Waals surface area contributed by atoms with Crippen LogP contribution in [-0.4, -0.2) is 63.3 Å². The predicted molar refractivity (Wildman–Crippen MR) is 110 cm³/mol. The van der Waals surface area contributed by atoms with E-state index in [9.17, 15) is 19.2 Å². The lowest BCUT2D eigenvalue weighted by Crippen LogP contribution is -2.52. The summed E-state index contributed by atoms with van der Waals surface area (Å²) in [5.41, 5.74) is 1.76. The highest BCUT2D eigenvalue weighted by Crippen LogP contribution is 2.32. The number of amides is 4. The van der Waals surface area contributed by atoms with Gasteiger partial charge in [-0.1, -0.05) is 0 Å². The van der Waals surface area contributed by atoms with Crippen LogP contribution in [0.25, 0.3) is 0 Å². The maximum absolute atomic E-state index is 12.8. The molecule has 0 aromatic carbocycles. The Balaban J connectivity index is 1.41. The Hall–Kier alpha value is -2.97. The van der Waals surface area contributed by atoms with Crippen LogP contribution in [0.5, 0.6) is 0 Å². The Kier molecular flexibility index (Phi) is 5.45. The number of imide groups is 1. The summed E-state index contributed by atoms with van der Waals surface area (Å²) < 4.78 is 5.45. The normalized spacial score (nSPS) is 22.4. The lowest BCUT2D eigenvalue weighted by Gasteiger charge is -2.33. The first-order valence-corrected chi connectivity index (χ1v) is 10.7. The summed E-state index contributed by atoms with van der Waals surface area (Å²) in [6.45, 7) is 7.09. The molecule has 1 unspecified atom stereocenters. The number of carbonyl (C=O) groups is 4. The zero-order chi connectivity index (χ0) is 22.3. The van der Waals surface area contributed by atoms with Gasteiger partial charge in [-0.05, 0) is 51.7 Å². The van der Waals surface area contributed by atoms with Gasteiger partial charge in [0.1, 0.15) is 11.6 Å². The smallest absolute Gasteiger partial charge is 0.410 e. The van der Waals surface area contributed by atoms with Crippen molar-refractivity contribution in [3.05, 3.63) is 29.1 Å². The number of pyridine rings is 1. The molecule has 9 heteroatoms. The van der Waals surface area contributed by atoms with Crippen LogP contribution in [0.3, 0.4) is 0 Å². The number of hydrogen-bond acceptors (Lipinski definition) is 6. The van der Waals surface area contributed by atoms with Gasteiger partial charge in [-0.25, -0.2) is 4.79 Å². The molecule has 4 heterocycles. The third-order valence-corrected chi connectivity index (χ3v) is 5.99. The van der Waals surface area contributed by atoms with Crippen molar-refractivity contribution in [1.82, 2.24) is 20.1 Å². The predicted octanol–water partition coefficient (Wildman–Crippen LogP) is 1.96. The molecular formula is C22H28N4O5. The molecule has 4 amide bonds. The summed E-state index contributed by atoms with van der Waals surface area (Å²) in [5.74, 6) is -0.737. The van der Waals surface area contributed by atoms with E-state index in [1.54, 1.807) is 11.1 Å². The van der Waals surface area contributed by atoms with Crippen LogP contribution in [0, 0.1) is 0 Å². The second kappa shape index (κ2) is 7.94. The van der Waals surface area contributed by atoms with Crippen LogP contribution in [0.1, 0.15) is 74.0 Å². The first-order chi connectivity index (χ1) is 14.6. The van der Waals surface area contributed by atoms with Gasteiger partial charge < -0.3 is 14.5 Å². The topological polar surface area (TPSA) is 109 Å². The minimum atomic E-state index is -0.627. The van der Waals surface area contributed by atoms with Crippen molar-refractivity contribution in [3.8, 4) is 0 Å². The fraction of sp³-hybridized carbons (Fsp3) is 0.591. The van der Waals surface area contributed by atoms with Crippen LogP contribution in [0.15, 0.2) is 12.3 Å². The van der Waals surface area contributed by atoms with Crippen LogP contribution in [0.4, 0.5) is 4.79 Å². The minimum Gasteiger partial charge on any atom is -0.444 e. The van der Waals surface area contributed by atoms with E-state index in [2.05, 4.69) is 10.3 Å². The van der Waals surface area contributed by atoms with Gasteiger partial charge >= 0.3 is 6.09 Å². The summed E-state index contributed by atoms with van der Waals surface area (Å²) >= 11 is 0. The summed E-state index contributed by atoms with van der Waals surface area (Å²) in [4.78, 5) is 56.5. The van der Waals surface area contributed by atoms with Gasteiger partial charge in [-0.3, -0.25) is 24.7 Å². The average Bonchev–Trinajstić information content (AvgIpc) is 3.02. The van der Waals surface area contributed by atoms with E-state index in [4.69, 9.17) is 4.74 Å². The van der Waals surface area contributed by atoms with E-state index in [-0.39, 0.29) is 30.2 Å². The van der Waals surface area contributed by atoms with Gasteiger partial charge in [0.15, 0.2) is 0 Å². The van der Waals surface area contributed by atoms with Gasteiger partial charge in [0.25, 0.3) is 5.91 Å². The zero-order valence-electron chi connectivity index (χ0n) is 18.1. The van der Waals surface area contributed by atoms with E-state index in [1.807, 2.05) is 26.8 Å². The molecule has 3 aliphatic heterocycles. The van der Waals surface area contributed by atoms with Crippen LogP contribution < -0.4 is 5.32 Å². The van der Waals surface area contributed by atoms with E-state index in [1.165, 1.54) is 4.90 Å². The highest BCUT2D eigenvalue weighted by atomic mass is 16.6. The standard InChI is InChI=1S/C22H28N4O5/c1-22(2,3)31-21(30)25-8-6-13(7-9-25)16-10-14-12-26(20(29)15(14)11-23-16)17-4-5-18(27)24-19(17)28/h10-11,13,17H,4-9,12H2,1-3H3,(H,24,27,28). The number of rotatable bonds is 2. The van der Waals surface area contributed by atoms with E-state index in [0.717, 1.165) is 24.1 Å². The molecule has 3 aliphatic rings. The number of nitrogens with zero attached hydrogens (tertiary/aromatic N) is 3. The molecule has 1 aromatic heterocycles. The summed E-state index contributed by atoms with van der Waals surface area (Å²) in [7, 11) is 0. The molecule has 0 aliphatic carbocycles. The quantitative estimate of drug-likeness (QED) is 0.722. The number of aromatic nitrogens is 1. The third-order valence-electron chi connectivity index (χ3n) is 5.99. The van der Waals surface area contributed by atoms with Crippen LogP contribution in [0.2, 0.25) is 0 Å². The number of fused-ring (bicyclic) bond motifs is 1. The average molecular weight is 428 g/mol. The first kappa shape index (κ1) is 21.3. The maximum atomic E-state index is 12.8. The SMILES string of the molecule is CC(C)(C)OC(=O)N1CCC(c2cc3c(cn2)C(=O)N(C2CCC(=O)NC2=O)C3)CC1. The number of ether oxygens (including phenoxy) is 1. The molecule has 2 saturated heterocycles. The Morgan fingerprint density at radius 1 is 1.16 bits per heavy atom. The maximum Gasteiger partial charge on any atom is 0.410 e. The van der Waals surface area contributed by atoms with Crippen molar-refractivity contribution in [1.29, 1.82) is 0 Å². The Labute approximate surface area is 181 Å². The molecule has 0 bridgehead atoms. The van der Waals surface area contributed by atoms with E-state index in [0.29, 0.717) is 31.6 Å². The fourth-order valence-corrected chi connectivity index (χ4v) is 4.39. The second-order valence-corrected chi connectivity index (χ2v) is 9.41. The lowest BCUT2D eigenvalue weighted by molar-refractivity contribution is -0.136. The van der Waals surface area contributed by atoms with Gasteiger partial charge in [-0.2, -0.15) is 0 Å². The number of nitrogens with one attached hydrogen (secondary N) is 1. The highest BCUT2D eigenvalue weighted by Gasteiger charge is 2.39. The molecule has 0 spiro atoms. The minimum absolute atomic E-state index is 0.198. The molecule has 2 fully saturated rings. The first-order valence-electron chi connectivity index (χ1n) is 10.7. The summed E-state index contributed by atoms with van der Waals surface area (Å²) in [5, 5.41) is 2.31. The number of piperidine rings is 2. The van der Waals surface area contributed by atoms with Crippen LogP contribution >= 0.6 is 0 Å². The molecule has 166 valence electrons. The highest BCUT2D eigenvalue weighted by molar-refractivity contribution is 6.05. The van der Waals surface area contributed by atoms with Crippen LogP contribution in [-0.2, 0) is 20.9 Å². The molecule has 0 saturated carbocycles.